The Balaban J connectivity index is 1.61. The van der Waals surface area contributed by atoms with Gasteiger partial charge in [-0.05, 0) is 56.4 Å². The van der Waals surface area contributed by atoms with Crippen molar-refractivity contribution in [2.75, 3.05) is 32.2 Å². The molecule has 3 aliphatic rings. The highest BCUT2D eigenvalue weighted by Gasteiger charge is 2.49. The summed E-state index contributed by atoms with van der Waals surface area (Å²) in [6.45, 7) is 19.2. The molecular formula is C38H49N2O4+. The molecule has 2 aliphatic heterocycles. The van der Waals surface area contributed by atoms with E-state index in [-0.39, 0.29) is 11.5 Å². The third kappa shape index (κ3) is 5.06. The predicted octanol–water partition coefficient (Wildman–Crippen LogP) is 8.18. The molecule has 2 aromatic rings. The molecule has 0 spiro atoms. The first-order chi connectivity index (χ1) is 20.7. The van der Waals surface area contributed by atoms with E-state index in [2.05, 4.69) is 77.0 Å². The van der Waals surface area contributed by atoms with E-state index in [0.717, 1.165) is 71.3 Å². The Hall–Kier alpha value is -3.80. The van der Waals surface area contributed by atoms with Crippen molar-refractivity contribution < 1.29 is 24.0 Å². The number of anilines is 1. The van der Waals surface area contributed by atoms with Gasteiger partial charge in [0.15, 0.2) is 5.71 Å². The van der Waals surface area contributed by atoms with Crippen molar-refractivity contribution in [1.29, 1.82) is 0 Å². The van der Waals surface area contributed by atoms with Crippen molar-refractivity contribution in [1.82, 2.24) is 0 Å². The number of rotatable bonds is 10. The van der Waals surface area contributed by atoms with Crippen molar-refractivity contribution in [3.05, 3.63) is 82.3 Å². The Bertz CT molecular complexity index is 1620. The summed E-state index contributed by atoms with van der Waals surface area (Å²) < 4.78 is 13.9. The van der Waals surface area contributed by atoms with Gasteiger partial charge in [0, 0.05) is 47.5 Å². The average molecular weight is 598 g/mol. The number of ketones is 1. The molecule has 1 N–H and O–H groups in total. The zero-order chi connectivity index (χ0) is 32.1. The molecule has 6 nitrogen and oxygen atoms in total. The number of nitrogens with zero attached hydrogens (tertiary/aromatic N) is 2. The van der Waals surface area contributed by atoms with E-state index in [1.54, 1.807) is 14.2 Å². The van der Waals surface area contributed by atoms with Crippen LogP contribution in [-0.2, 0) is 15.6 Å². The molecule has 0 fully saturated rings. The molecule has 0 saturated carbocycles. The molecule has 5 rings (SSSR count). The minimum absolute atomic E-state index is 0.0556. The summed E-state index contributed by atoms with van der Waals surface area (Å²) in [7, 11) is 3.40. The summed E-state index contributed by atoms with van der Waals surface area (Å²) in [5, 5.41) is 11.5. The van der Waals surface area contributed by atoms with E-state index in [1.807, 2.05) is 36.4 Å². The average Bonchev–Trinajstić information content (AvgIpc) is 3.34. The first-order valence-corrected chi connectivity index (χ1v) is 15.9. The fourth-order valence-electron chi connectivity index (χ4n) is 7.03. The monoisotopic (exact) mass is 597 g/mol. The molecule has 234 valence electrons. The minimum Gasteiger partial charge on any atom is -0.506 e. The number of Topliss-reactive ketones (excluding diaryl/α,β-unsaturated/α-hetero) is 1. The summed E-state index contributed by atoms with van der Waals surface area (Å²) in [6, 6.07) is 12.3. The number of methoxy groups -OCH3 is 2. The van der Waals surface area contributed by atoms with Crippen molar-refractivity contribution >= 4 is 22.9 Å². The molecular weight excluding hydrogens is 548 g/mol. The van der Waals surface area contributed by atoms with Crippen LogP contribution < -0.4 is 14.4 Å². The van der Waals surface area contributed by atoms with Gasteiger partial charge in [0.1, 0.15) is 23.8 Å². The van der Waals surface area contributed by atoms with E-state index in [0.29, 0.717) is 23.0 Å². The fraction of sp³-hybridized carbons (Fsp3) is 0.474. The van der Waals surface area contributed by atoms with Crippen LogP contribution in [-0.4, -0.2) is 48.5 Å². The number of hydrogen-bond acceptors (Lipinski definition) is 5. The van der Waals surface area contributed by atoms with Crippen LogP contribution in [0, 0.1) is 11.8 Å². The van der Waals surface area contributed by atoms with Gasteiger partial charge in [-0.3, -0.25) is 4.79 Å². The zero-order valence-electron chi connectivity index (χ0n) is 28.2. The van der Waals surface area contributed by atoms with E-state index in [1.165, 1.54) is 0 Å². The molecule has 2 heterocycles. The lowest BCUT2D eigenvalue weighted by Gasteiger charge is -2.30. The van der Waals surface area contributed by atoms with Gasteiger partial charge < -0.3 is 19.5 Å². The number of ether oxygens (including phenoxy) is 2. The van der Waals surface area contributed by atoms with Crippen molar-refractivity contribution in [2.24, 2.45) is 11.8 Å². The number of aliphatic hydroxyl groups is 1. The summed E-state index contributed by atoms with van der Waals surface area (Å²) in [4.78, 5) is 16.2. The summed E-state index contributed by atoms with van der Waals surface area (Å²) in [5.41, 5.74) is 6.29. The number of carbonyl (C=O) groups excluding carboxylic acids is 1. The Morgan fingerprint density at radius 2 is 1.48 bits per heavy atom. The number of fused-ring (bicyclic) bond motifs is 2. The van der Waals surface area contributed by atoms with Gasteiger partial charge in [-0.2, -0.15) is 4.58 Å². The topological polar surface area (TPSA) is 62.0 Å². The smallest absolute Gasteiger partial charge is 0.213 e. The van der Waals surface area contributed by atoms with Crippen LogP contribution in [0.15, 0.2) is 71.2 Å². The van der Waals surface area contributed by atoms with Crippen LogP contribution in [0.5, 0.6) is 11.5 Å². The second kappa shape index (κ2) is 11.6. The summed E-state index contributed by atoms with van der Waals surface area (Å²) >= 11 is 0. The Morgan fingerprint density at radius 3 is 2.07 bits per heavy atom. The molecule has 0 radical (unpaired) electrons. The van der Waals surface area contributed by atoms with E-state index in [9.17, 15) is 9.90 Å². The highest BCUT2D eigenvalue weighted by molar-refractivity contribution is 6.24. The molecule has 0 saturated heterocycles. The van der Waals surface area contributed by atoms with Crippen molar-refractivity contribution in [3.8, 4) is 11.5 Å². The van der Waals surface area contributed by atoms with Crippen LogP contribution >= 0.6 is 0 Å². The van der Waals surface area contributed by atoms with Crippen LogP contribution in [0.25, 0.3) is 0 Å². The van der Waals surface area contributed by atoms with Gasteiger partial charge in [-0.15, -0.1) is 0 Å². The standard InChI is InChI=1S/C38H48N2O4/c1-23(2)17-19-39-27-13-11-15-29(43-9)33(27)37(5,6)31(39)21-25-35(41)26(36(25)42)22-32-38(7,8)34-28(14-12-16-30(34)44-10)40(32)20-18-24(3)4/h11-16,21-24H,17-20H2,1-10H3/p+1. The quantitative estimate of drug-likeness (QED) is 0.221. The zero-order valence-corrected chi connectivity index (χ0v) is 28.2. The fourth-order valence-corrected chi connectivity index (χ4v) is 7.03. The number of allylic oxidation sites excluding steroid dienone is 5. The van der Waals surface area contributed by atoms with Gasteiger partial charge in [-0.1, -0.05) is 53.7 Å². The van der Waals surface area contributed by atoms with Gasteiger partial charge in [-0.25, -0.2) is 0 Å². The molecule has 1 aliphatic carbocycles. The normalized spacial score (nSPS) is 20.3. The summed E-state index contributed by atoms with van der Waals surface area (Å²) in [5.74, 6) is 2.64. The highest BCUT2D eigenvalue weighted by Crippen LogP contribution is 2.53. The molecule has 44 heavy (non-hydrogen) atoms. The van der Waals surface area contributed by atoms with Gasteiger partial charge in [0.2, 0.25) is 11.5 Å². The Kier molecular flexibility index (Phi) is 8.34. The maximum atomic E-state index is 13.9. The Morgan fingerprint density at radius 1 is 0.864 bits per heavy atom. The second-order valence-corrected chi connectivity index (χ2v) is 14.2. The van der Waals surface area contributed by atoms with E-state index < -0.39 is 10.8 Å². The molecule has 0 aromatic heterocycles. The first-order valence-electron chi connectivity index (χ1n) is 15.9. The van der Waals surface area contributed by atoms with Crippen molar-refractivity contribution in [2.45, 2.75) is 79.1 Å². The lowest BCUT2D eigenvalue weighted by atomic mass is 9.77. The van der Waals surface area contributed by atoms with Crippen LogP contribution in [0.2, 0.25) is 0 Å². The number of hydrogen-bond donors (Lipinski definition) is 1. The van der Waals surface area contributed by atoms with Crippen LogP contribution in [0.4, 0.5) is 11.4 Å². The molecule has 0 unspecified atom stereocenters. The SMILES string of the molecule is COc1cccc2c1C(C)(C)C(/C=C1/C(=O)C(/C=C3\N(CCC(C)C)c4cccc(OC)c4C3(C)C)=C1O)=[N+]2CCC(C)C. The van der Waals surface area contributed by atoms with Crippen LogP contribution in [0.3, 0.4) is 0 Å². The molecule has 0 amide bonds. The lowest BCUT2D eigenvalue weighted by molar-refractivity contribution is -0.439. The summed E-state index contributed by atoms with van der Waals surface area (Å²) in [6.07, 6.45) is 5.82. The molecule has 6 heteroatoms. The van der Waals surface area contributed by atoms with Crippen LogP contribution in [0.1, 0.15) is 79.4 Å². The molecule has 0 atom stereocenters. The minimum atomic E-state index is -0.417. The third-order valence-electron chi connectivity index (χ3n) is 9.56. The lowest BCUT2D eigenvalue weighted by Crippen LogP contribution is -2.32. The van der Waals surface area contributed by atoms with Gasteiger partial charge >= 0.3 is 0 Å². The number of carbonyl (C=O) groups is 1. The van der Waals surface area contributed by atoms with Gasteiger partial charge in [0.25, 0.3) is 0 Å². The second-order valence-electron chi connectivity index (χ2n) is 14.2. The maximum absolute atomic E-state index is 13.9. The van der Waals surface area contributed by atoms with Crippen molar-refractivity contribution in [3.63, 3.8) is 0 Å². The van der Waals surface area contributed by atoms with E-state index in [4.69, 9.17) is 9.47 Å². The third-order valence-corrected chi connectivity index (χ3v) is 9.56. The number of aliphatic hydroxyl groups excluding tert-OH is 1. The number of benzene rings is 2. The van der Waals surface area contributed by atoms with E-state index >= 15 is 0 Å². The first kappa shape index (κ1) is 31.6. The largest absolute Gasteiger partial charge is 0.506 e. The Labute approximate surface area is 263 Å². The molecule has 2 aromatic carbocycles. The molecule has 0 bridgehead atoms. The van der Waals surface area contributed by atoms with Gasteiger partial charge in [0.05, 0.1) is 36.3 Å². The highest BCUT2D eigenvalue weighted by atomic mass is 16.5. The maximum Gasteiger partial charge on any atom is 0.213 e. The predicted molar refractivity (Wildman–Crippen MR) is 179 cm³/mol.